The molecule has 0 saturated heterocycles. The highest BCUT2D eigenvalue weighted by atomic mass is 16.5. The molecule has 0 spiro atoms. The quantitative estimate of drug-likeness (QED) is 0.584. The molecule has 0 radical (unpaired) electrons. The van der Waals surface area contributed by atoms with Gasteiger partial charge in [-0.15, -0.1) is 0 Å². The first-order valence-corrected chi connectivity index (χ1v) is 5.62. The lowest BCUT2D eigenvalue weighted by atomic mass is 9.92. The maximum atomic E-state index is 11.7. The van der Waals surface area contributed by atoms with Gasteiger partial charge in [-0.3, -0.25) is 4.79 Å². The molecule has 0 heterocycles. The van der Waals surface area contributed by atoms with Crippen molar-refractivity contribution in [1.29, 1.82) is 0 Å². The number of methoxy groups -OCH3 is 1. The Morgan fingerprint density at radius 2 is 2.25 bits per heavy atom. The van der Waals surface area contributed by atoms with Crippen LogP contribution in [0.5, 0.6) is 5.75 Å². The van der Waals surface area contributed by atoms with E-state index in [1.54, 1.807) is 12.1 Å². The van der Waals surface area contributed by atoms with Crippen molar-refractivity contribution in [2.24, 2.45) is 0 Å². The van der Waals surface area contributed by atoms with E-state index in [0.29, 0.717) is 0 Å². The second-order valence-corrected chi connectivity index (χ2v) is 4.20. The van der Waals surface area contributed by atoms with Gasteiger partial charge in [-0.25, -0.2) is 0 Å². The van der Waals surface area contributed by atoms with Crippen LogP contribution in [0.25, 0.3) is 0 Å². The van der Waals surface area contributed by atoms with E-state index in [1.165, 1.54) is 7.11 Å². The summed E-state index contributed by atoms with van der Waals surface area (Å²) in [6.07, 6.45) is 3.90. The average molecular weight is 220 g/mol. The van der Waals surface area contributed by atoms with E-state index in [1.807, 2.05) is 6.07 Å². The number of phenolic OH excluding ortho intramolecular Hbond substituents is 1. The fraction of sp³-hybridized carbons (Fsp3) is 0.462. The predicted molar refractivity (Wildman–Crippen MR) is 60.4 cm³/mol. The summed E-state index contributed by atoms with van der Waals surface area (Å²) in [6, 6.07) is 5.28. The number of benzene rings is 1. The van der Waals surface area contributed by atoms with Crippen LogP contribution < -0.4 is 0 Å². The van der Waals surface area contributed by atoms with Crippen molar-refractivity contribution in [3.63, 3.8) is 0 Å². The lowest BCUT2D eigenvalue weighted by Crippen LogP contribution is -2.14. The van der Waals surface area contributed by atoms with Crippen molar-refractivity contribution in [3.8, 4) is 5.75 Å². The van der Waals surface area contributed by atoms with Gasteiger partial charge in [0, 0.05) is 0 Å². The Morgan fingerprint density at radius 1 is 1.44 bits per heavy atom. The normalized spacial score (nSPS) is 19.7. The molecule has 0 aromatic heterocycles. The van der Waals surface area contributed by atoms with Crippen molar-refractivity contribution in [1.82, 2.24) is 0 Å². The van der Waals surface area contributed by atoms with Gasteiger partial charge >= 0.3 is 5.97 Å². The zero-order valence-corrected chi connectivity index (χ0v) is 9.40. The maximum absolute atomic E-state index is 11.7. The van der Waals surface area contributed by atoms with E-state index < -0.39 is 0 Å². The van der Waals surface area contributed by atoms with Crippen LogP contribution >= 0.6 is 0 Å². The zero-order chi connectivity index (χ0) is 11.5. The minimum atomic E-state index is -0.213. The molecule has 1 aromatic rings. The molecule has 0 saturated carbocycles. The number of carbonyl (C=O) groups excluding carboxylic acids is 1. The summed E-state index contributed by atoms with van der Waals surface area (Å²) < 4.78 is 4.82. The van der Waals surface area contributed by atoms with Gasteiger partial charge in [-0.1, -0.05) is 12.5 Å². The molecule has 0 amide bonds. The van der Waals surface area contributed by atoms with Crippen molar-refractivity contribution in [2.75, 3.05) is 7.11 Å². The maximum Gasteiger partial charge on any atom is 0.313 e. The van der Waals surface area contributed by atoms with Gasteiger partial charge in [0.15, 0.2) is 0 Å². The average Bonchev–Trinajstić information content (AvgIpc) is 2.50. The van der Waals surface area contributed by atoms with Crippen molar-refractivity contribution < 1.29 is 14.6 Å². The van der Waals surface area contributed by atoms with Crippen LogP contribution in [0, 0.1) is 0 Å². The van der Waals surface area contributed by atoms with Crippen LogP contribution in [0.15, 0.2) is 18.2 Å². The van der Waals surface area contributed by atoms with Gasteiger partial charge in [0.05, 0.1) is 13.0 Å². The number of carbonyl (C=O) groups is 1. The van der Waals surface area contributed by atoms with E-state index >= 15 is 0 Å². The Bertz CT molecular complexity index is 398. The van der Waals surface area contributed by atoms with Gasteiger partial charge < -0.3 is 9.84 Å². The number of rotatable bonds is 1. The van der Waals surface area contributed by atoms with Crippen LogP contribution in [0.1, 0.15) is 36.3 Å². The number of ether oxygens (including phenoxy) is 1. The molecule has 0 aliphatic heterocycles. The lowest BCUT2D eigenvalue weighted by molar-refractivity contribution is -0.142. The number of aryl methyl sites for hydroxylation is 1. The smallest absolute Gasteiger partial charge is 0.313 e. The van der Waals surface area contributed by atoms with Crippen LogP contribution in [0.4, 0.5) is 0 Å². The third-order valence-corrected chi connectivity index (χ3v) is 3.18. The van der Waals surface area contributed by atoms with Crippen molar-refractivity contribution in [2.45, 2.75) is 31.6 Å². The summed E-state index contributed by atoms with van der Waals surface area (Å²) in [5.74, 6) is -0.196. The van der Waals surface area contributed by atoms with Gasteiger partial charge in [0.1, 0.15) is 5.75 Å². The number of phenols is 1. The molecule has 3 heteroatoms. The Balaban J connectivity index is 2.42. The highest BCUT2D eigenvalue weighted by molar-refractivity contribution is 5.78. The fourth-order valence-electron chi connectivity index (χ4n) is 2.34. The zero-order valence-electron chi connectivity index (χ0n) is 9.40. The summed E-state index contributed by atoms with van der Waals surface area (Å²) in [4.78, 5) is 11.7. The Labute approximate surface area is 95.0 Å². The second kappa shape index (κ2) is 4.56. The lowest BCUT2D eigenvalue weighted by Gasteiger charge is -2.15. The van der Waals surface area contributed by atoms with Gasteiger partial charge in [0.25, 0.3) is 0 Å². The van der Waals surface area contributed by atoms with E-state index in [2.05, 4.69) is 0 Å². The van der Waals surface area contributed by atoms with E-state index in [4.69, 9.17) is 4.74 Å². The SMILES string of the molecule is COC(=O)C1CCCCc2ccc(O)cc21. The minimum absolute atomic E-state index is 0.200. The van der Waals surface area contributed by atoms with E-state index in [0.717, 1.165) is 36.8 Å². The Kier molecular flexibility index (Phi) is 3.13. The molecule has 0 fully saturated rings. The van der Waals surface area contributed by atoms with Gasteiger partial charge in [-0.05, 0) is 42.5 Å². The third kappa shape index (κ3) is 2.03. The Hall–Kier alpha value is -1.51. The molecule has 86 valence electrons. The molecular formula is C13H16O3. The fourth-order valence-corrected chi connectivity index (χ4v) is 2.34. The molecule has 1 N–H and O–H groups in total. The molecule has 2 rings (SSSR count). The number of hydrogen-bond acceptors (Lipinski definition) is 3. The number of fused-ring (bicyclic) bond motifs is 1. The first-order valence-electron chi connectivity index (χ1n) is 5.62. The molecule has 3 nitrogen and oxygen atoms in total. The predicted octanol–water partition coefficient (Wildman–Crippen LogP) is 2.38. The molecule has 16 heavy (non-hydrogen) atoms. The molecule has 1 aromatic carbocycles. The Morgan fingerprint density at radius 3 is 3.00 bits per heavy atom. The molecule has 1 unspecified atom stereocenters. The third-order valence-electron chi connectivity index (χ3n) is 3.18. The van der Waals surface area contributed by atoms with Crippen LogP contribution in [0.3, 0.4) is 0 Å². The molecular weight excluding hydrogens is 204 g/mol. The summed E-state index contributed by atoms with van der Waals surface area (Å²) in [7, 11) is 1.41. The second-order valence-electron chi connectivity index (χ2n) is 4.20. The van der Waals surface area contributed by atoms with Crippen molar-refractivity contribution in [3.05, 3.63) is 29.3 Å². The number of aromatic hydroxyl groups is 1. The first kappa shape index (κ1) is 11.0. The van der Waals surface area contributed by atoms with Crippen LogP contribution in [-0.4, -0.2) is 18.2 Å². The van der Waals surface area contributed by atoms with Gasteiger partial charge in [-0.2, -0.15) is 0 Å². The van der Waals surface area contributed by atoms with Crippen LogP contribution in [0.2, 0.25) is 0 Å². The molecule has 0 bridgehead atoms. The highest BCUT2D eigenvalue weighted by Gasteiger charge is 2.26. The minimum Gasteiger partial charge on any atom is -0.508 e. The molecule has 1 aliphatic rings. The number of esters is 1. The summed E-state index contributed by atoms with van der Waals surface area (Å²) in [6.45, 7) is 0. The van der Waals surface area contributed by atoms with E-state index in [9.17, 15) is 9.90 Å². The molecule has 1 aliphatic carbocycles. The first-order chi connectivity index (χ1) is 7.72. The highest BCUT2D eigenvalue weighted by Crippen LogP contribution is 2.33. The monoisotopic (exact) mass is 220 g/mol. The topological polar surface area (TPSA) is 46.5 Å². The largest absolute Gasteiger partial charge is 0.508 e. The molecule has 1 atom stereocenters. The summed E-state index contributed by atoms with van der Waals surface area (Å²) in [5, 5.41) is 9.50. The van der Waals surface area contributed by atoms with Crippen molar-refractivity contribution >= 4 is 5.97 Å². The number of hydrogen-bond donors (Lipinski definition) is 1. The standard InChI is InChI=1S/C13H16O3/c1-16-13(15)11-5-3-2-4-9-6-7-10(14)8-12(9)11/h6-8,11,14H,2-5H2,1H3. The van der Waals surface area contributed by atoms with Crippen LogP contribution in [-0.2, 0) is 16.0 Å². The summed E-state index contributed by atoms with van der Waals surface area (Å²) >= 11 is 0. The summed E-state index contributed by atoms with van der Waals surface area (Å²) in [5.41, 5.74) is 2.09. The van der Waals surface area contributed by atoms with E-state index in [-0.39, 0.29) is 17.6 Å². The van der Waals surface area contributed by atoms with Gasteiger partial charge in [0.2, 0.25) is 0 Å².